The van der Waals surface area contributed by atoms with Crippen molar-refractivity contribution in [1.29, 1.82) is 0 Å². The van der Waals surface area contributed by atoms with E-state index in [1.807, 2.05) is 19.9 Å². The number of rotatable bonds is 0. The van der Waals surface area contributed by atoms with Gasteiger partial charge < -0.3 is 0 Å². The van der Waals surface area contributed by atoms with E-state index >= 15 is 0 Å². The van der Waals surface area contributed by atoms with Gasteiger partial charge in [-0.1, -0.05) is 0 Å². The molecule has 1 heterocycles. The SMILES string of the molecule is Cc1cc2nc(F)ccc2c(Br)c1C. The van der Waals surface area contributed by atoms with Crippen LogP contribution in [0, 0.1) is 19.8 Å². The Morgan fingerprint density at radius 3 is 2.71 bits per heavy atom. The summed E-state index contributed by atoms with van der Waals surface area (Å²) in [6.45, 7) is 4.02. The molecule has 0 saturated carbocycles. The molecule has 0 unspecified atom stereocenters. The van der Waals surface area contributed by atoms with E-state index in [4.69, 9.17) is 0 Å². The maximum Gasteiger partial charge on any atom is 0.213 e. The lowest BCUT2D eigenvalue weighted by molar-refractivity contribution is 0.589. The van der Waals surface area contributed by atoms with Crippen molar-refractivity contribution in [2.45, 2.75) is 13.8 Å². The van der Waals surface area contributed by atoms with Crippen LogP contribution in [0.5, 0.6) is 0 Å². The summed E-state index contributed by atoms with van der Waals surface area (Å²) in [6.07, 6.45) is 0. The normalized spacial score (nSPS) is 10.9. The van der Waals surface area contributed by atoms with Gasteiger partial charge in [0.25, 0.3) is 0 Å². The molecule has 72 valence electrons. The van der Waals surface area contributed by atoms with Crippen molar-refractivity contribution in [3.8, 4) is 0 Å². The van der Waals surface area contributed by atoms with Gasteiger partial charge in [-0.3, -0.25) is 0 Å². The Kier molecular flexibility index (Phi) is 2.27. The molecule has 3 heteroatoms. The van der Waals surface area contributed by atoms with Gasteiger partial charge >= 0.3 is 0 Å². The first-order valence-corrected chi connectivity index (χ1v) is 5.11. The summed E-state index contributed by atoms with van der Waals surface area (Å²) in [7, 11) is 0. The fraction of sp³-hybridized carbons (Fsp3) is 0.182. The van der Waals surface area contributed by atoms with Crippen LogP contribution in [0.25, 0.3) is 10.9 Å². The van der Waals surface area contributed by atoms with Crippen LogP contribution in [0.4, 0.5) is 4.39 Å². The fourth-order valence-electron chi connectivity index (χ4n) is 1.43. The van der Waals surface area contributed by atoms with Crippen molar-refractivity contribution in [3.63, 3.8) is 0 Å². The Morgan fingerprint density at radius 2 is 2.00 bits per heavy atom. The zero-order chi connectivity index (χ0) is 10.3. The second-order valence-corrected chi connectivity index (χ2v) is 4.13. The number of benzene rings is 1. The van der Waals surface area contributed by atoms with Crippen molar-refractivity contribution in [2.75, 3.05) is 0 Å². The van der Waals surface area contributed by atoms with Crippen molar-refractivity contribution in [2.24, 2.45) is 0 Å². The molecule has 0 aliphatic carbocycles. The Labute approximate surface area is 90.1 Å². The van der Waals surface area contributed by atoms with Gasteiger partial charge in [-0.15, -0.1) is 0 Å². The van der Waals surface area contributed by atoms with Crippen LogP contribution in [0.2, 0.25) is 0 Å². The summed E-state index contributed by atoms with van der Waals surface area (Å²) in [6, 6.07) is 5.02. The standard InChI is InChI=1S/C11H9BrFN/c1-6-5-9-8(11(12)7(6)2)3-4-10(13)14-9/h3-5H,1-2H3. The van der Waals surface area contributed by atoms with E-state index in [1.54, 1.807) is 6.07 Å². The summed E-state index contributed by atoms with van der Waals surface area (Å²) < 4.78 is 13.9. The zero-order valence-corrected chi connectivity index (χ0v) is 9.52. The molecule has 0 saturated heterocycles. The average Bonchev–Trinajstić information content (AvgIpc) is 2.14. The highest BCUT2D eigenvalue weighted by atomic mass is 79.9. The van der Waals surface area contributed by atoms with Crippen LogP contribution < -0.4 is 0 Å². The number of aromatic nitrogens is 1. The van der Waals surface area contributed by atoms with Crippen molar-refractivity contribution >= 4 is 26.8 Å². The van der Waals surface area contributed by atoms with Gasteiger partial charge in [0.2, 0.25) is 5.95 Å². The topological polar surface area (TPSA) is 12.9 Å². The molecule has 0 fully saturated rings. The van der Waals surface area contributed by atoms with Crippen LogP contribution in [0.3, 0.4) is 0 Å². The van der Waals surface area contributed by atoms with Crippen LogP contribution >= 0.6 is 15.9 Å². The Morgan fingerprint density at radius 1 is 1.29 bits per heavy atom. The van der Waals surface area contributed by atoms with Gasteiger partial charge in [-0.2, -0.15) is 4.39 Å². The van der Waals surface area contributed by atoms with Gasteiger partial charge in [-0.25, -0.2) is 4.98 Å². The highest BCUT2D eigenvalue weighted by molar-refractivity contribution is 9.10. The number of hydrogen-bond acceptors (Lipinski definition) is 1. The lowest BCUT2D eigenvalue weighted by Crippen LogP contribution is -1.89. The molecule has 2 aromatic rings. The minimum absolute atomic E-state index is 0.437. The number of halogens is 2. The van der Waals surface area contributed by atoms with E-state index in [-0.39, 0.29) is 0 Å². The average molecular weight is 254 g/mol. The monoisotopic (exact) mass is 253 g/mol. The minimum atomic E-state index is -0.437. The van der Waals surface area contributed by atoms with E-state index in [9.17, 15) is 4.39 Å². The van der Waals surface area contributed by atoms with Crippen LogP contribution in [-0.2, 0) is 0 Å². The van der Waals surface area contributed by atoms with E-state index in [0.29, 0.717) is 5.52 Å². The highest BCUT2D eigenvalue weighted by Crippen LogP contribution is 2.28. The van der Waals surface area contributed by atoms with E-state index in [2.05, 4.69) is 20.9 Å². The third-order valence-corrected chi connectivity index (χ3v) is 3.42. The third-order valence-electron chi connectivity index (χ3n) is 2.40. The highest BCUT2D eigenvalue weighted by Gasteiger charge is 2.06. The van der Waals surface area contributed by atoms with E-state index in [1.165, 1.54) is 11.6 Å². The van der Waals surface area contributed by atoms with Crippen molar-refractivity contribution < 1.29 is 4.39 Å². The lowest BCUT2D eigenvalue weighted by atomic mass is 10.1. The molecule has 0 N–H and O–H groups in total. The van der Waals surface area contributed by atoms with Crippen LogP contribution in [-0.4, -0.2) is 4.98 Å². The van der Waals surface area contributed by atoms with Gasteiger partial charge in [0.15, 0.2) is 0 Å². The molecule has 2 rings (SSSR count). The lowest BCUT2D eigenvalue weighted by Gasteiger charge is -2.06. The number of aryl methyl sites for hydroxylation is 1. The molecule has 0 spiro atoms. The molecule has 1 aromatic carbocycles. The summed E-state index contributed by atoms with van der Waals surface area (Å²) in [5.74, 6) is -0.437. The number of fused-ring (bicyclic) bond motifs is 1. The number of nitrogens with zero attached hydrogens (tertiary/aromatic N) is 1. The molecule has 0 bridgehead atoms. The molecule has 0 amide bonds. The quantitative estimate of drug-likeness (QED) is 0.652. The molecule has 0 atom stereocenters. The predicted molar refractivity (Wildman–Crippen MR) is 58.9 cm³/mol. The molecule has 0 aliphatic heterocycles. The summed E-state index contributed by atoms with van der Waals surface area (Å²) in [5.41, 5.74) is 2.98. The largest absolute Gasteiger partial charge is 0.220 e. The number of hydrogen-bond donors (Lipinski definition) is 0. The smallest absolute Gasteiger partial charge is 0.213 e. The molecular weight excluding hydrogens is 245 g/mol. The number of pyridine rings is 1. The van der Waals surface area contributed by atoms with Gasteiger partial charge in [0.05, 0.1) is 5.52 Å². The van der Waals surface area contributed by atoms with Crippen molar-refractivity contribution in [1.82, 2.24) is 4.98 Å². The second kappa shape index (κ2) is 3.31. The Balaban J connectivity index is 2.91. The maximum atomic E-state index is 12.9. The summed E-state index contributed by atoms with van der Waals surface area (Å²) >= 11 is 3.49. The van der Waals surface area contributed by atoms with E-state index in [0.717, 1.165) is 15.4 Å². The molecule has 1 aromatic heterocycles. The first-order chi connectivity index (χ1) is 6.59. The van der Waals surface area contributed by atoms with Crippen molar-refractivity contribution in [3.05, 3.63) is 39.7 Å². The first kappa shape index (κ1) is 9.59. The Bertz CT molecular complexity index is 508. The van der Waals surface area contributed by atoms with Gasteiger partial charge in [-0.05, 0) is 59.1 Å². The van der Waals surface area contributed by atoms with Crippen LogP contribution in [0.15, 0.2) is 22.7 Å². The maximum absolute atomic E-state index is 12.9. The molecule has 14 heavy (non-hydrogen) atoms. The summed E-state index contributed by atoms with van der Waals surface area (Å²) in [5, 5.41) is 0.953. The minimum Gasteiger partial charge on any atom is -0.220 e. The first-order valence-electron chi connectivity index (χ1n) is 4.31. The summed E-state index contributed by atoms with van der Waals surface area (Å²) in [4.78, 5) is 3.84. The second-order valence-electron chi connectivity index (χ2n) is 3.33. The van der Waals surface area contributed by atoms with Gasteiger partial charge in [0, 0.05) is 9.86 Å². The van der Waals surface area contributed by atoms with E-state index < -0.39 is 5.95 Å². The molecule has 0 aliphatic rings. The van der Waals surface area contributed by atoms with Gasteiger partial charge in [0.1, 0.15) is 0 Å². The third kappa shape index (κ3) is 1.42. The molecule has 0 radical (unpaired) electrons. The zero-order valence-electron chi connectivity index (χ0n) is 7.94. The Hall–Kier alpha value is -0.960. The molecule has 1 nitrogen and oxygen atoms in total. The molecular formula is C11H9BrFN. The van der Waals surface area contributed by atoms with Crippen LogP contribution in [0.1, 0.15) is 11.1 Å². The fourth-order valence-corrected chi connectivity index (χ4v) is 2.08. The predicted octanol–water partition coefficient (Wildman–Crippen LogP) is 3.75.